The van der Waals surface area contributed by atoms with Crippen LogP contribution >= 0.6 is 11.6 Å². The second kappa shape index (κ2) is 3.90. The SMILES string of the molecule is CC1(C)C(Nc2ccccc2Cl)[C@]2(C)CC[C@H]1C2. The largest absolute Gasteiger partial charge is 0.380 e. The maximum absolute atomic E-state index is 6.28. The first kappa shape index (κ1) is 12.3. The van der Waals surface area contributed by atoms with Gasteiger partial charge in [-0.1, -0.05) is 44.5 Å². The molecule has 1 N–H and O–H groups in total. The minimum Gasteiger partial charge on any atom is -0.380 e. The van der Waals surface area contributed by atoms with E-state index in [-0.39, 0.29) is 0 Å². The summed E-state index contributed by atoms with van der Waals surface area (Å²) >= 11 is 6.28. The lowest BCUT2D eigenvalue weighted by molar-refractivity contribution is 0.155. The highest BCUT2D eigenvalue weighted by molar-refractivity contribution is 6.33. The fraction of sp³-hybridized carbons (Fsp3) is 0.625. The van der Waals surface area contributed by atoms with Crippen LogP contribution in [0.25, 0.3) is 0 Å². The molecule has 98 valence electrons. The van der Waals surface area contributed by atoms with Gasteiger partial charge in [-0.3, -0.25) is 0 Å². The summed E-state index contributed by atoms with van der Waals surface area (Å²) in [5.41, 5.74) is 1.89. The third-order valence-corrected chi connectivity index (χ3v) is 5.77. The summed E-state index contributed by atoms with van der Waals surface area (Å²) in [4.78, 5) is 0. The van der Waals surface area contributed by atoms with Crippen molar-refractivity contribution in [3.8, 4) is 0 Å². The Kier molecular flexibility index (Phi) is 2.68. The van der Waals surface area contributed by atoms with Gasteiger partial charge in [0.05, 0.1) is 10.7 Å². The number of nitrogens with one attached hydrogen (secondary N) is 1. The molecule has 2 aliphatic carbocycles. The number of para-hydroxylation sites is 1. The molecular weight excluding hydrogens is 242 g/mol. The number of benzene rings is 1. The number of fused-ring (bicyclic) bond motifs is 2. The monoisotopic (exact) mass is 263 g/mol. The first-order valence-electron chi connectivity index (χ1n) is 6.94. The van der Waals surface area contributed by atoms with E-state index < -0.39 is 0 Å². The number of halogens is 1. The van der Waals surface area contributed by atoms with Gasteiger partial charge in [0.15, 0.2) is 0 Å². The van der Waals surface area contributed by atoms with Gasteiger partial charge >= 0.3 is 0 Å². The van der Waals surface area contributed by atoms with Crippen molar-refractivity contribution in [2.45, 2.75) is 46.1 Å². The van der Waals surface area contributed by atoms with Crippen LogP contribution in [0.2, 0.25) is 5.02 Å². The minimum atomic E-state index is 0.367. The van der Waals surface area contributed by atoms with Gasteiger partial charge in [0, 0.05) is 6.04 Å². The molecule has 0 aliphatic heterocycles. The normalized spacial score (nSPS) is 36.9. The van der Waals surface area contributed by atoms with E-state index in [4.69, 9.17) is 11.6 Å². The molecule has 2 bridgehead atoms. The molecule has 2 aliphatic rings. The van der Waals surface area contributed by atoms with Crippen molar-refractivity contribution in [2.75, 3.05) is 5.32 Å². The summed E-state index contributed by atoms with van der Waals surface area (Å²) in [6, 6.07) is 8.63. The molecule has 1 nitrogen and oxygen atoms in total. The van der Waals surface area contributed by atoms with Crippen molar-refractivity contribution in [1.82, 2.24) is 0 Å². The molecule has 3 atom stereocenters. The van der Waals surface area contributed by atoms with Crippen LogP contribution in [0.1, 0.15) is 40.0 Å². The van der Waals surface area contributed by atoms with Gasteiger partial charge in [-0.15, -0.1) is 0 Å². The van der Waals surface area contributed by atoms with Crippen molar-refractivity contribution >= 4 is 17.3 Å². The molecule has 2 heteroatoms. The molecule has 1 aromatic carbocycles. The smallest absolute Gasteiger partial charge is 0.0637 e. The average Bonchev–Trinajstić information content (AvgIpc) is 2.78. The van der Waals surface area contributed by atoms with E-state index in [0.29, 0.717) is 16.9 Å². The fourth-order valence-electron chi connectivity index (χ4n) is 4.40. The molecule has 2 fully saturated rings. The van der Waals surface area contributed by atoms with E-state index in [1.54, 1.807) is 0 Å². The topological polar surface area (TPSA) is 12.0 Å². The third kappa shape index (κ3) is 1.67. The Labute approximate surface area is 115 Å². The van der Waals surface area contributed by atoms with Gasteiger partial charge in [0.2, 0.25) is 0 Å². The zero-order chi connectivity index (χ0) is 13.0. The highest BCUT2D eigenvalue weighted by Crippen LogP contribution is 2.63. The van der Waals surface area contributed by atoms with Crippen LogP contribution in [0, 0.1) is 16.7 Å². The van der Waals surface area contributed by atoms with Crippen LogP contribution in [0.5, 0.6) is 0 Å². The van der Waals surface area contributed by atoms with E-state index >= 15 is 0 Å². The zero-order valence-corrected chi connectivity index (χ0v) is 12.2. The minimum absolute atomic E-state index is 0.367. The highest BCUT2D eigenvalue weighted by atomic mass is 35.5. The molecule has 18 heavy (non-hydrogen) atoms. The first-order valence-corrected chi connectivity index (χ1v) is 7.32. The Morgan fingerprint density at radius 1 is 1.22 bits per heavy atom. The lowest BCUT2D eigenvalue weighted by atomic mass is 9.68. The molecule has 3 rings (SSSR count). The van der Waals surface area contributed by atoms with Crippen molar-refractivity contribution in [3.05, 3.63) is 29.3 Å². The van der Waals surface area contributed by atoms with Gasteiger partial charge < -0.3 is 5.32 Å². The van der Waals surface area contributed by atoms with E-state index in [2.05, 4.69) is 38.2 Å². The maximum atomic E-state index is 6.28. The predicted octanol–water partition coefficient (Wildman–Crippen LogP) is 4.97. The molecule has 0 amide bonds. The predicted molar refractivity (Wildman–Crippen MR) is 78.1 cm³/mol. The Hall–Kier alpha value is -0.690. The molecule has 1 unspecified atom stereocenters. The molecule has 0 spiro atoms. The zero-order valence-electron chi connectivity index (χ0n) is 11.5. The second-order valence-electron chi connectivity index (χ2n) is 6.97. The summed E-state index contributed by atoms with van der Waals surface area (Å²) in [6.07, 6.45) is 4.11. The van der Waals surface area contributed by atoms with E-state index in [1.165, 1.54) is 19.3 Å². The Balaban J connectivity index is 1.91. The van der Waals surface area contributed by atoms with Gasteiger partial charge in [0.25, 0.3) is 0 Å². The first-order chi connectivity index (χ1) is 8.43. The molecule has 0 aromatic heterocycles. The van der Waals surface area contributed by atoms with Gasteiger partial charge in [0.1, 0.15) is 0 Å². The summed E-state index contributed by atoms with van der Waals surface area (Å²) in [7, 11) is 0. The van der Waals surface area contributed by atoms with E-state index in [9.17, 15) is 0 Å². The fourth-order valence-corrected chi connectivity index (χ4v) is 4.59. The standard InChI is InChI=1S/C16H22ClN/c1-15(2)11-8-9-16(3,10-11)14(15)18-13-7-5-4-6-12(13)17/h4-7,11,14,18H,8-10H2,1-3H3/t11-,14?,16+/m0/s1. The van der Waals surface area contributed by atoms with Crippen molar-refractivity contribution in [2.24, 2.45) is 16.7 Å². The van der Waals surface area contributed by atoms with Crippen LogP contribution in [0.15, 0.2) is 24.3 Å². The summed E-state index contributed by atoms with van der Waals surface area (Å²) in [5.74, 6) is 0.863. The number of hydrogen-bond donors (Lipinski definition) is 1. The molecule has 0 radical (unpaired) electrons. The van der Waals surface area contributed by atoms with Gasteiger partial charge in [-0.05, 0) is 48.1 Å². The van der Waals surface area contributed by atoms with Gasteiger partial charge in [-0.25, -0.2) is 0 Å². The van der Waals surface area contributed by atoms with Gasteiger partial charge in [-0.2, -0.15) is 0 Å². The van der Waals surface area contributed by atoms with Crippen molar-refractivity contribution < 1.29 is 0 Å². The van der Waals surface area contributed by atoms with E-state index in [1.807, 2.05) is 12.1 Å². The third-order valence-electron chi connectivity index (χ3n) is 5.44. The lowest BCUT2D eigenvalue weighted by Crippen LogP contribution is -2.45. The van der Waals surface area contributed by atoms with E-state index in [0.717, 1.165) is 16.6 Å². The number of rotatable bonds is 2. The summed E-state index contributed by atoms with van der Waals surface area (Å²) in [5, 5.41) is 4.57. The summed E-state index contributed by atoms with van der Waals surface area (Å²) < 4.78 is 0. The Bertz CT molecular complexity index is 463. The van der Waals surface area contributed by atoms with Crippen molar-refractivity contribution in [1.29, 1.82) is 0 Å². The van der Waals surface area contributed by atoms with Crippen LogP contribution < -0.4 is 5.32 Å². The van der Waals surface area contributed by atoms with Crippen molar-refractivity contribution in [3.63, 3.8) is 0 Å². The van der Waals surface area contributed by atoms with Crippen LogP contribution in [-0.2, 0) is 0 Å². The lowest BCUT2D eigenvalue weighted by Gasteiger charge is -2.43. The number of anilines is 1. The quantitative estimate of drug-likeness (QED) is 0.795. The summed E-state index contributed by atoms with van der Waals surface area (Å²) in [6.45, 7) is 7.27. The second-order valence-corrected chi connectivity index (χ2v) is 7.38. The molecular formula is C16H22ClN. The number of hydrogen-bond acceptors (Lipinski definition) is 1. The average molecular weight is 264 g/mol. The maximum Gasteiger partial charge on any atom is 0.0637 e. The molecule has 0 saturated heterocycles. The van der Waals surface area contributed by atoms with Crippen LogP contribution in [0.4, 0.5) is 5.69 Å². The van der Waals surface area contributed by atoms with Crippen LogP contribution in [0.3, 0.4) is 0 Å². The molecule has 1 aromatic rings. The Morgan fingerprint density at radius 2 is 1.94 bits per heavy atom. The Morgan fingerprint density at radius 3 is 2.56 bits per heavy atom. The van der Waals surface area contributed by atoms with Crippen LogP contribution in [-0.4, -0.2) is 6.04 Å². The molecule has 0 heterocycles. The molecule has 2 saturated carbocycles. The highest BCUT2D eigenvalue weighted by Gasteiger charge is 2.59.